The fourth-order valence-electron chi connectivity index (χ4n) is 1.91. The quantitative estimate of drug-likeness (QED) is 0.817. The van der Waals surface area contributed by atoms with Crippen LogP contribution < -0.4 is 9.47 Å². The SMILES string of the molecule is COc1cc(Cl)cc(/C=C/C(=O)O)c1OCc1ccccc1. The zero-order chi connectivity index (χ0) is 15.9. The highest BCUT2D eigenvalue weighted by molar-refractivity contribution is 6.31. The molecule has 4 nitrogen and oxygen atoms in total. The highest BCUT2D eigenvalue weighted by Gasteiger charge is 2.12. The number of hydrogen-bond acceptors (Lipinski definition) is 3. The van der Waals surface area contributed by atoms with Crippen LogP contribution in [0.3, 0.4) is 0 Å². The number of rotatable bonds is 6. The number of carboxylic acid groups (broad SMARTS) is 1. The second-order valence-corrected chi connectivity index (χ2v) is 4.91. The van der Waals surface area contributed by atoms with Crippen molar-refractivity contribution < 1.29 is 19.4 Å². The number of methoxy groups -OCH3 is 1. The molecule has 1 N–H and O–H groups in total. The van der Waals surface area contributed by atoms with Crippen molar-refractivity contribution in [2.75, 3.05) is 7.11 Å². The Balaban J connectivity index is 2.32. The highest BCUT2D eigenvalue weighted by Crippen LogP contribution is 2.36. The lowest BCUT2D eigenvalue weighted by atomic mass is 10.1. The summed E-state index contributed by atoms with van der Waals surface area (Å²) in [4.78, 5) is 10.7. The van der Waals surface area contributed by atoms with Gasteiger partial charge in [-0.3, -0.25) is 0 Å². The van der Waals surface area contributed by atoms with Crippen molar-refractivity contribution >= 4 is 23.6 Å². The van der Waals surface area contributed by atoms with Gasteiger partial charge in [0.15, 0.2) is 11.5 Å². The van der Waals surface area contributed by atoms with Crippen molar-refractivity contribution in [2.24, 2.45) is 0 Å². The lowest BCUT2D eigenvalue weighted by Crippen LogP contribution is -2.00. The first kappa shape index (κ1) is 15.9. The Hall–Kier alpha value is -2.46. The largest absolute Gasteiger partial charge is 0.493 e. The van der Waals surface area contributed by atoms with Crippen LogP contribution in [0, 0.1) is 0 Å². The molecule has 2 aromatic carbocycles. The summed E-state index contributed by atoms with van der Waals surface area (Å²) >= 11 is 6.02. The molecule has 0 aliphatic rings. The van der Waals surface area contributed by atoms with Crippen LogP contribution in [-0.4, -0.2) is 18.2 Å². The first-order chi connectivity index (χ1) is 10.6. The van der Waals surface area contributed by atoms with Crippen LogP contribution in [0.1, 0.15) is 11.1 Å². The molecule has 2 rings (SSSR count). The van der Waals surface area contributed by atoms with Gasteiger partial charge in [-0.2, -0.15) is 0 Å². The lowest BCUT2D eigenvalue weighted by Gasteiger charge is -2.14. The standard InChI is InChI=1S/C17H15ClO4/c1-21-15-10-14(18)9-13(7-8-16(19)20)17(15)22-11-12-5-3-2-4-6-12/h2-10H,11H2,1H3,(H,19,20)/b8-7+. The van der Waals surface area contributed by atoms with Gasteiger partial charge in [0.2, 0.25) is 0 Å². The minimum Gasteiger partial charge on any atom is -0.493 e. The number of halogens is 1. The normalized spacial score (nSPS) is 10.6. The van der Waals surface area contributed by atoms with Crippen LogP contribution in [0.25, 0.3) is 6.08 Å². The van der Waals surface area contributed by atoms with Crippen LogP contribution in [0.5, 0.6) is 11.5 Å². The summed E-state index contributed by atoms with van der Waals surface area (Å²) < 4.78 is 11.1. The first-order valence-corrected chi connectivity index (χ1v) is 6.93. The third-order valence-electron chi connectivity index (χ3n) is 2.90. The predicted molar refractivity (Wildman–Crippen MR) is 85.4 cm³/mol. The van der Waals surface area contributed by atoms with Gasteiger partial charge < -0.3 is 14.6 Å². The predicted octanol–water partition coefficient (Wildman–Crippen LogP) is 4.03. The Kier molecular flexibility index (Phi) is 5.44. The van der Waals surface area contributed by atoms with E-state index in [4.69, 9.17) is 26.2 Å². The fraction of sp³-hybridized carbons (Fsp3) is 0.118. The molecule has 0 radical (unpaired) electrons. The van der Waals surface area contributed by atoms with E-state index in [1.807, 2.05) is 30.3 Å². The minimum atomic E-state index is -1.05. The Labute approximate surface area is 133 Å². The van der Waals surface area contributed by atoms with Crippen molar-refractivity contribution in [1.82, 2.24) is 0 Å². The van der Waals surface area contributed by atoms with Crippen molar-refractivity contribution in [2.45, 2.75) is 6.61 Å². The number of aliphatic carboxylic acids is 1. The van der Waals surface area contributed by atoms with E-state index in [-0.39, 0.29) is 0 Å². The van der Waals surface area contributed by atoms with Gasteiger partial charge in [-0.25, -0.2) is 4.79 Å². The molecule has 0 aliphatic heterocycles. The summed E-state index contributed by atoms with van der Waals surface area (Å²) in [6.07, 6.45) is 2.46. The Morgan fingerprint density at radius 1 is 1.27 bits per heavy atom. The minimum absolute atomic E-state index is 0.340. The van der Waals surface area contributed by atoms with Crippen LogP contribution in [0.15, 0.2) is 48.5 Å². The van der Waals surface area contributed by atoms with Gasteiger partial charge in [-0.05, 0) is 17.7 Å². The smallest absolute Gasteiger partial charge is 0.328 e. The van der Waals surface area contributed by atoms with Gasteiger partial charge >= 0.3 is 5.97 Å². The zero-order valence-corrected chi connectivity index (χ0v) is 12.7. The van der Waals surface area contributed by atoms with Gasteiger partial charge in [0.1, 0.15) is 6.61 Å². The maximum atomic E-state index is 10.7. The molecule has 114 valence electrons. The average molecular weight is 319 g/mol. The number of carbonyl (C=O) groups is 1. The lowest BCUT2D eigenvalue weighted by molar-refractivity contribution is -0.131. The van der Waals surface area contributed by atoms with E-state index in [0.29, 0.717) is 28.7 Å². The van der Waals surface area contributed by atoms with Gasteiger partial charge in [-0.15, -0.1) is 0 Å². The van der Waals surface area contributed by atoms with Crippen LogP contribution in [0.4, 0.5) is 0 Å². The molecule has 0 saturated carbocycles. The molecule has 2 aromatic rings. The van der Waals surface area contributed by atoms with E-state index in [0.717, 1.165) is 11.6 Å². The second kappa shape index (κ2) is 7.52. The maximum Gasteiger partial charge on any atom is 0.328 e. The maximum absolute atomic E-state index is 10.7. The highest BCUT2D eigenvalue weighted by atomic mass is 35.5. The van der Waals surface area contributed by atoms with E-state index < -0.39 is 5.97 Å². The molecule has 0 aromatic heterocycles. The number of carboxylic acids is 1. The molecule has 0 saturated heterocycles. The van der Waals surface area contributed by atoms with Crippen LogP contribution >= 0.6 is 11.6 Å². The van der Waals surface area contributed by atoms with Gasteiger partial charge in [0, 0.05) is 22.7 Å². The van der Waals surface area contributed by atoms with E-state index in [1.165, 1.54) is 13.2 Å². The number of ether oxygens (including phenoxy) is 2. The molecule has 0 fully saturated rings. The summed E-state index contributed by atoms with van der Waals surface area (Å²) in [6.45, 7) is 0.340. The summed E-state index contributed by atoms with van der Waals surface area (Å²) in [5.74, 6) is -0.144. The van der Waals surface area contributed by atoms with E-state index in [1.54, 1.807) is 12.1 Å². The molecule has 0 bridgehead atoms. The molecule has 22 heavy (non-hydrogen) atoms. The second-order valence-electron chi connectivity index (χ2n) is 4.47. The molecular weight excluding hydrogens is 304 g/mol. The number of benzene rings is 2. The van der Waals surface area contributed by atoms with E-state index >= 15 is 0 Å². The average Bonchev–Trinajstić information content (AvgIpc) is 2.52. The van der Waals surface area contributed by atoms with Crippen molar-refractivity contribution in [3.8, 4) is 11.5 Å². The molecule has 5 heteroatoms. The number of hydrogen-bond donors (Lipinski definition) is 1. The molecule has 0 spiro atoms. The molecule has 0 heterocycles. The molecule has 0 amide bonds. The molecule has 0 atom stereocenters. The molecule has 0 aliphatic carbocycles. The fourth-order valence-corrected chi connectivity index (χ4v) is 2.13. The Morgan fingerprint density at radius 3 is 2.64 bits per heavy atom. The van der Waals surface area contributed by atoms with Crippen molar-refractivity contribution in [3.05, 3.63) is 64.7 Å². The van der Waals surface area contributed by atoms with Gasteiger partial charge in [-0.1, -0.05) is 41.9 Å². The Morgan fingerprint density at radius 2 is 2.00 bits per heavy atom. The van der Waals surface area contributed by atoms with Crippen LogP contribution in [-0.2, 0) is 11.4 Å². The van der Waals surface area contributed by atoms with Crippen molar-refractivity contribution in [3.63, 3.8) is 0 Å². The Bertz CT molecular complexity index is 681. The monoisotopic (exact) mass is 318 g/mol. The van der Waals surface area contributed by atoms with E-state index in [2.05, 4.69) is 0 Å². The third kappa shape index (κ3) is 4.27. The molecule has 0 unspecified atom stereocenters. The zero-order valence-electron chi connectivity index (χ0n) is 12.0. The third-order valence-corrected chi connectivity index (χ3v) is 3.12. The van der Waals surface area contributed by atoms with Gasteiger partial charge in [0.25, 0.3) is 0 Å². The summed E-state index contributed by atoms with van der Waals surface area (Å²) in [6, 6.07) is 12.9. The summed E-state index contributed by atoms with van der Waals surface area (Å²) in [5.41, 5.74) is 1.54. The van der Waals surface area contributed by atoms with E-state index in [9.17, 15) is 4.79 Å². The summed E-state index contributed by atoms with van der Waals surface area (Å²) in [7, 11) is 1.51. The topological polar surface area (TPSA) is 55.8 Å². The molecular formula is C17H15ClO4. The van der Waals surface area contributed by atoms with Crippen molar-refractivity contribution in [1.29, 1.82) is 0 Å². The van der Waals surface area contributed by atoms with Gasteiger partial charge in [0.05, 0.1) is 7.11 Å². The van der Waals surface area contributed by atoms with Crippen LogP contribution in [0.2, 0.25) is 5.02 Å². The summed E-state index contributed by atoms with van der Waals surface area (Å²) in [5, 5.41) is 9.22. The first-order valence-electron chi connectivity index (χ1n) is 6.55.